The molecule has 0 bridgehead atoms. The Morgan fingerprint density at radius 3 is 2.14 bits per heavy atom. The van der Waals surface area contributed by atoms with Crippen LogP contribution in [0.15, 0.2) is 108 Å². The van der Waals surface area contributed by atoms with Crippen LogP contribution in [0.3, 0.4) is 0 Å². The maximum absolute atomic E-state index is 13.3. The van der Waals surface area contributed by atoms with E-state index in [0.717, 1.165) is 21.7 Å². The van der Waals surface area contributed by atoms with Crippen molar-refractivity contribution in [2.24, 2.45) is 0 Å². The van der Waals surface area contributed by atoms with E-state index in [4.69, 9.17) is 4.74 Å². The smallest absolute Gasteiger partial charge is 0.272 e. The first kappa shape index (κ1) is 31.1. The standard InChI is InChI=1S/C35H35N3O4S/c1-5-42-30-17-12-26(13-18-30)22-32(38-34(40)27-9-7-6-8-10-27)35(41)36-28-15-19-31(20-16-28)43-25(4)33(39)37-29-14-11-23(2)24(3)21-29/h6-22,25H,5H2,1-4H3,(H,36,41)(H,37,39)(H,38,40)/b32-22-. The van der Waals surface area contributed by atoms with Crippen LogP contribution in [0, 0.1) is 13.8 Å². The second kappa shape index (κ2) is 14.9. The lowest BCUT2D eigenvalue weighted by Gasteiger charge is -2.14. The van der Waals surface area contributed by atoms with Crippen LogP contribution in [0.1, 0.15) is 40.9 Å². The Morgan fingerprint density at radius 1 is 0.814 bits per heavy atom. The summed E-state index contributed by atoms with van der Waals surface area (Å²) in [5.74, 6) is -0.245. The van der Waals surface area contributed by atoms with E-state index >= 15 is 0 Å². The second-order valence-corrected chi connectivity index (χ2v) is 11.3. The van der Waals surface area contributed by atoms with E-state index in [9.17, 15) is 14.4 Å². The molecule has 0 saturated heterocycles. The minimum absolute atomic E-state index is 0.0908. The summed E-state index contributed by atoms with van der Waals surface area (Å²) in [6.45, 7) is 8.35. The highest BCUT2D eigenvalue weighted by Gasteiger charge is 2.17. The molecule has 0 fully saturated rings. The molecule has 0 aliphatic heterocycles. The van der Waals surface area contributed by atoms with Gasteiger partial charge in [0.1, 0.15) is 11.4 Å². The Kier molecular flexibility index (Phi) is 10.8. The third-order valence-corrected chi connectivity index (χ3v) is 7.71. The largest absolute Gasteiger partial charge is 0.494 e. The third kappa shape index (κ3) is 9.08. The van der Waals surface area contributed by atoms with Gasteiger partial charge in [-0.05, 0) is 111 Å². The molecule has 1 atom stereocenters. The molecule has 220 valence electrons. The number of carbonyl (C=O) groups excluding carboxylic acids is 3. The third-order valence-electron chi connectivity index (χ3n) is 6.60. The zero-order valence-corrected chi connectivity index (χ0v) is 25.5. The zero-order chi connectivity index (χ0) is 30.8. The Morgan fingerprint density at radius 2 is 1.49 bits per heavy atom. The van der Waals surface area contributed by atoms with Gasteiger partial charge in [-0.2, -0.15) is 0 Å². The maximum Gasteiger partial charge on any atom is 0.272 e. The molecule has 0 aromatic heterocycles. The van der Waals surface area contributed by atoms with Gasteiger partial charge in [-0.1, -0.05) is 36.4 Å². The molecule has 0 aliphatic rings. The lowest BCUT2D eigenvalue weighted by atomic mass is 10.1. The summed E-state index contributed by atoms with van der Waals surface area (Å²) in [5.41, 5.74) is 4.86. The van der Waals surface area contributed by atoms with E-state index in [-0.39, 0.29) is 16.9 Å². The SMILES string of the molecule is CCOc1ccc(/C=C(\NC(=O)c2ccccc2)C(=O)Nc2ccc(SC(C)C(=O)Nc3ccc(C)c(C)c3)cc2)cc1. The molecule has 0 aliphatic carbocycles. The fraction of sp³-hybridized carbons (Fsp3) is 0.171. The predicted molar refractivity (Wildman–Crippen MR) is 174 cm³/mol. The topological polar surface area (TPSA) is 96.5 Å². The van der Waals surface area contributed by atoms with E-state index in [1.807, 2.05) is 88.4 Å². The number of aryl methyl sites for hydroxylation is 2. The normalized spacial score (nSPS) is 11.8. The van der Waals surface area contributed by atoms with Gasteiger partial charge < -0.3 is 20.7 Å². The van der Waals surface area contributed by atoms with Crippen molar-refractivity contribution in [1.82, 2.24) is 5.32 Å². The van der Waals surface area contributed by atoms with Crippen LogP contribution in [0.4, 0.5) is 11.4 Å². The molecule has 4 rings (SSSR count). The highest BCUT2D eigenvalue weighted by Crippen LogP contribution is 2.26. The first-order chi connectivity index (χ1) is 20.7. The number of amides is 3. The van der Waals surface area contributed by atoms with Crippen LogP contribution in [0.5, 0.6) is 5.75 Å². The minimum atomic E-state index is -0.472. The Labute approximate surface area is 256 Å². The minimum Gasteiger partial charge on any atom is -0.494 e. The number of rotatable bonds is 11. The van der Waals surface area contributed by atoms with Gasteiger partial charge in [0.15, 0.2) is 0 Å². The van der Waals surface area contributed by atoms with Crippen molar-refractivity contribution in [3.05, 3.63) is 125 Å². The Bertz CT molecular complexity index is 1600. The summed E-state index contributed by atoms with van der Waals surface area (Å²) >= 11 is 1.42. The molecule has 4 aromatic carbocycles. The number of ether oxygens (including phenoxy) is 1. The number of thioether (sulfide) groups is 1. The highest BCUT2D eigenvalue weighted by atomic mass is 32.2. The number of hydrogen-bond acceptors (Lipinski definition) is 5. The van der Waals surface area contributed by atoms with Gasteiger partial charge in [-0.25, -0.2) is 0 Å². The molecule has 0 spiro atoms. The van der Waals surface area contributed by atoms with Crippen LogP contribution in [-0.4, -0.2) is 29.6 Å². The summed E-state index contributed by atoms with van der Waals surface area (Å²) in [6.07, 6.45) is 1.62. The van der Waals surface area contributed by atoms with Crippen LogP contribution >= 0.6 is 11.8 Å². The number of carbonyl (C=O) groups is 3. The van der Waals surface area contributed by atoms with E-state index in [1.54, 1.807) is 42.5 Å². The molecule has 43 heavy (non-hydrogen) atoms. The van der Waals surface area contributed by atoms with Crippen LogP contribution in [0.25, 0.3) is 6.08 Å². The maximum atomic E-state index is 13.3. The molecule has 0 saturated carbocycles. The Hall–Kier alpha value is -4.82. The van der Waals surface area contributed by atoms with Crippen molar-refractivity contribution >= 4 is 46.9 Å². The van der Waals surface area contributed by atoms with Gasteiger partial charge >= 0.3 is 0 Å². The molecule has 0 radical (unpaired) electrons. The van der Waals surface area contributed by atoms with E-state index in [2.05, 4.69) is 16.0 Å². The van der Waals surface area contributed by atoms with Gasteiger partial charge in [-0.3, -0.25) is 14.4 Å². The monoisotopic (exact) mass is 593 g/mol. The fourth-order valence-electron chi connectivity index (χ4n) is 4.07. The van der Waals surface area contributed by atoms with Crippen molar-refractivity contribution in [3.8, 4) is 5.75 Å². The first-order valence-corrected chi connectivity index (χ1v) is 14.9. The summed E-state index contributed by atoms with van der Waals surface area (Å²) in [7, 11) is 0. The molecule has 8 heteroatoms. The first-order valence-electron chi connectivity index (χ1n) is 14.0. The van der Waals surface area contributed by atoms with Crippen molar-refractivity contribution < 1.29 is 19.1 Å². The molecule has 4 aromatic rings. The zero-order valence-electron chi connectivity index (χ0n) is 24.6. The van der Waals surface area contributed by atoms with E-state index in [0.29, 0.717) is 23.6 Å². The van der Waals surface area contributed by atoms with E-state index in [1.165, 1.54) is 17.3 Å². The van der Waals surface area contributed by atoms with Crippen molar-refractivity contribution in [3.63, 3.8) is 0 Å². The molecule has 7 nitrogen and oxygen atoms in total. The summed E-state index contributed by atoms with van der Waals surface area (Å²) in [5, 5.41) is 8.25. The fourth-order valence-corrected chi connectivity index (χ4v) is 4.94. The molecule has 0 heterocycles. The highest BCUT2D eigenvalue weighted by molar-refractivity contribution is 8.00. The van der Waals surface area contributed by atoms with Crippen molar-refractivity contribution in [2.45, 2.75) is 37.8 Å². The van der Waals surface area contributed by atoms with Crippen LogP contribution < -0.4 is 20.7 Å². The summed E-state index contributed by atoms with van der Waals surface area (Å²) in [4.78, 5) is 39.9. The van der Waals surface area contributed by atoms with Crippen molar-refractivity contribution in [1.29, 1.82) is 0 Å². The number of anilines is 2. The molecule has 3 amide bonds. The van der Waals surface area contributed by atoms with Gasteiger partial charge in [0.05, 0.1) is 11.9 Å². The summed E-state index contributed by atoms with van der Waals surface area (Å²) < 4.78 is 5.50. The lowest BCUT2D eigenvalue weighted by molar-refractivity contribution is -0.115. The quantitative estimate of drug-likeness (QED) is 0.126. The second-order valence-electron chi connectivity index (χ2n) is 9.91. The predicted octanol–water partition coefficient (Wildman–Crippen LogP) is 7.23. The van der Waals surface area contributed by atoms with Gasteiger partial charge in [0.25, 0.3) is 11.8 Å². The van der Waals surface area contributed by atoms with Gasteiger partial charge in [-0.15, -0.1) is 11.8 Å². The average Bonchev–Trinajstić information content (AvgIpc) is 3.01. The molecule has 3 N–H and O–H groups in total. The Balaban J connectivity index is 1.43. The van der Waals surface area contributed by atoms with Gasteiger partial charge in [0, 0.05) is 21.8 Å². The van der Waals surface area contributed by atoms with Gasteiger partial charge in [0.2, 0.25) is 5.91 Å². The average molecular weight is 594 g/mol. The van der Waals surface area contributed by atoms with E-state index < -0.39 is 11.8 Å². The lowest BCUT2D eigenvalue weighted by Crippen LogP contribution is -2.30. The number of benzene rings is 4. The summed E-state index contributed by atoms with van der Waals surface area (Å²) in [6, 6.07) is 29.0. The molecule has 1 unspecified atom stereocenters. The number of nitrogens with one attached hydrogen (secondary N) is 3. The van der Waals surface area contributed by atoms with Crippen molar-refractivity contribution in [2.75, 3.05) is 17.2 Å². The van der Waals surface area contributed by atoms with Crippen LogP contribution in [-0.2, 0) is 9.59 Å². The molecular formula is C35H35N3O4S. The molecular weight excluding hydrogens is 558 g/mol. The number of hydrogen-bond donors (Lipinski definition) is 3. The van der Waals surface area contributed by atoms with Crippen LogP contribution in [0.2, 0.25) is 0 Å².